The lowest BCUT2D eigenvalue weighted by atomic mass is 10.0. The number of unbranched alkanes of at least 4 members (excludes halogenated alkanes) is 1. The van der Waals surface area contributed by atoms with E-state index in [4.69, 9.17) is 5.14 Å². The van der Waals surface area contributed by atoms with Crippen LogP contribution in [0.25, 0.3) is 11.1 Å². The van der Waals surface area contributed by atoms with E-state index >= 15 is 0 Å². The standard InChI is InChI=1S/C24H26N2O3S/c1-2-3-13-24(27)26(21-9-5-4-6-10-21)18-19-14-16-20(17-15-19)22-11-7-8-12-23(22)30(25,28)29/h4-12,14-17H,2-3,13,18H2,1H3,(H2,25,28,29). The minimum Gasteiger partial charge on any atom is -0.308 e. The highest BCUT2D eigenvalue weighted by atomic mass is 32.2. The minimum atomic E-state index is -3.82. The number of nitrogens with two attached hydrogens (primary N) is 1. The molecular weight excluding hydrogens is 396 g/mol. The molecule has 3 aromatic rings. The van der Waals surface area contributed by atoms with Gasteiger partial charge in [-0.05, 0) is 35.7 Å². The number of hydrogen-bond donors (Lipinski definition) is 1. The highest BCUT2D eigenvalue weighted by Gasteiger charge is 2.17. The molecule has 0 spiro atoms. The molecule has 1 amide bonds. The van der Waals surface area contributed by atoms with E-state index in [-0.39, 0.29) is 10.8 Å². The number of amides is 1. The second kappa shape index (κ2) is 9.69. The monoisotopic (exact) mass is 422 g/mol. The first-order chi connectivity index (χ1) is 14.4. The molecule has 0 aliphatic rings. The van der Waals surface area contributed by atoms with Crippen molar-refractivity contribution in [3.8, 4) is 11.1 Å². The normalized spacial score (nSPS) is 11.3. The van der Waals surface area contributed by atoms with Gasteiger partial charge < -0.3 is 4.90 Å². The first-order valence-corrected chi connectivity index (χ1v) is 11.5. The van der Waals surface area contributed by atoms with E-state index in [1.165, 1.54) is 6.07 Å². The van der Waals surface area contributed by atoms with Gasteiger partial charge in [-0.3, -0.25) is 4.79 Å². The molecule has 5 nitrogen and oxygen atoms in total. The molecular formula is C24H26N2O3S. The summed E-state index contributed by atoms with van der Waals surface area (Å²) in [4.78, 5) is 14.7. The summed E-state index contributed by atoms with van der Waals surface area (Å²) in [5.41, 5.74) is 3.14. The van der Waals surface area contributed by atoms with Gasteiger partial charge in [0.1, 0.15) is 0 Å². The van der Waals surface area contributed by atoms with Gasteiger partial charge in [0, 0.05) is 17.7 Å². The number of carbonyl (C=O) groups excluding carboxylic acids is 1. The Hall–Kier alpha value is -2.96. The van der Waals surface area contributed by atoms with Gasteiger partial charge in [0.05, 0.1) is 11.4 Å². The molecule has 6 heteroatoms. The van der Waals surface area contributed by atoms with Crippen LogP contribution < -0.4 is 10.0 Å². The molecule has 0 aliphatic heterocycles. The first kappa shape index (κ1) is 21.7. The van der Waals surface area contributed by atoms with Gasteiger partial charge >= 0.3 is 0 Å². The van der Waals surface area contributed by atoms with Crippen LogP contribution in [-0.4, -0.2) is 14.3 Å². The molecule has 0 aliphatic carbocycles. The predicted octanol–water partition coefficient (Wildman–Crippen LogP) is 4.72. The van der Waals surface area contributed by atoms with Gasteiger partial charge in [0.15, 0.2) is 0 Å². The summed E-state index contributed by atoms with van der Waals surface area (Å²) in [6.07, 6.45) is 2.32. The number of primary sulfonamides is 1. The summed E-state index contributed by atoms with van der Waals surface area (Å²) >= 11 is 0. The van der Waals surface area contributed by atoms with Crippen molar-refractivity contribution >= 4 is 21.6 Å². The molecule has 0 saturated heterocycles. The topological polar surface area (TPSA) is 80.5 Å². The van der Waals surface area contributed by atoms with Crippen LogP contribution >= 0.6 is 0 Å². The van der Waals surface area contributed by atoms with Crippen molar-refractivity contribution in [2.24, 2.45) is 5.14 Å². The van der Waals surface area contributed by atoms with E-state index in [2.05, 4.69) is 6.92 Å². The van der Waals surface area contributed by atoms with Gasteiger partial charge in [-0.2, -0.15) is 0 Å². The number of hydrogen-bond acceptors (Lipinski definition) is 3. The number of carbonyl (C=O) groups is 1. The molecule has 0 heterocycles. The molecule has 3 aromatic carbocycles. The predicted molar refractivity (Wildman–Crippen MR) is 120 cm³/mol. The third-order valence-electron chi connectivity index (χ3n) is 4.91. The minimum absolute atomic E-state index is 0.0895. The molecule has 0 aromatic heterocycles. The van der Waals surface area contributed by atoms with Crippen molar-refractivity contribution in [3.05, 3.63) is 84.4 Å². The fourth-order valence-electron chi connectivity index (χ4n) is 3.32. The summed E-state index contributed by atoms with van der Waals surface area (Å²) in [6.45, 7) is 2.52. The Morgan fingerprint density at radius 1 is 0.900 bits per heavy atom. The van der Waals surface area contributed by atoms with Crippen molar-refractivity contribution in [1.29, 1.82) is 0 Å². The van der Waals surface area contributed by atoms with Crippen LogP contribution in [0.4, 0.5) is 5.69 Å². The van der Waals surface area contributed by atoms with Crippen LogP contribution in [0, 0.1) is 0 Å². The Morgan fingerprint density at radius 3 is 2.17 bits per heavy atom. The zero-order chi connectivity index (χ0) is 21.6. The highest BCUT2D eigenvalue weighted by Crippen LogP contribution is 2.27. The maximum Gasteiger partial charge on any atom is 0.238 e. The van der Waals surface area contributed by atoms with E-state index in [0.29, 0.717) is 18.5 Å². The van der Waals surface area contributed by atoms with Gasteiger partial charge in [-0.15, -0.1) is 0 Å². The highest BCUT2D eigenvalue weighted by molar-refractivity contribution is 7.89. The zero-order valence-corrected chi connectivity index (χ0v) is 17.8. The number of para-hydroxylation sites is 1. The number of anilines is 1. The van der Waals surface area contributed by atoms with Crippen molar-refractivity contribution < 1.29 is 13.2 Å². The average Bonchev–Trinajstić information content (AvgIpc) is 2.76. The third kappa shape index (κ3) is 5.34. The Morgan fingerprint density at radius 2 is 1.53 bits per heavy atom. The number of sulfonamides is 1. The maximum atomic E-state index is 12.8. The quantitative estimate of drug-likeness (QED) is 0.570. The van der Waals surface area contributed by atoms with E-state index in [1.54, 1.807) is 23.1 Å². The molecule has 0 fully saturated rings. The number of nitrogens with zero attached hydrogens (tertiary/aromatic N) is 1. The van der Waals surface area contributed by atoms with Gasteiger partial charge in [0.25, 0.3) is 0 Å². The second-order valence-corrected chi connectivity index (χ2v) is 8.69. The molecule has 0 unspecified atom stereocenters. The Labute approximate surface area is 178 Å². The van der Waals surface area contributed by atoms with Crippen molar-refractivity contribution in [3.63, 3.8) is 0 Å². The van der Waals surface area contributed by atoms with Crippen LogP contribution in [0.3, 0.4) is 0 Å². The lowest BCUT2D eigenvalue weighted by Crippen LogP contribution is -2.30. The van der Waals surface area contributed by atoms with Crippen LogP contribution in [0.2, 0.25) is 0 Å². The third-order valence-corrected chi connectivity index (χ3v) is 5.88. The fraction of sp³-hybridized carbons (Fsp3) is 0.208. The summed E-state index contributed by atoms with van der Waals surface area (Å²) in [5.74, 6) is 0.0895. The molecule has 3 rings (SSSR count). The Bertz CT molecular complexity index is 1090. The lowest BCUT2D eigenvalue weighted by molar-refractivity contribution is -0.118. The molecule has 2 N–H and O–H groups in total. The summed E-state index contributed by atoms with van der Waals surface area (Å²) < 4.78 is 23.8. The summed E-state index contributed by atoms with van der Waals surface area (Å²) in [5, 5.41) is 5.36. The second-order valence-electron chi connectivity index (χ2n) is 7.16. The molecule has 0 atom stereocenters. The van der Waals surface area contributed by atoms with Crippen LogP contribution in [-0.2, 0) is 21.4 Å². The van der Waals surface area contributed by atoms with Crippen LogP contribution in [0.15, 0.2) is 83.8 Å². The van der Waals surface area contributed by atoms with Gasteiger partial charge in [-0.25, -0.2) is 13.6 Å². The molecule has 0 radical (unpaired) electrons. The SMILES string of the molecule is CCCCC(=O)N(Cc1ccc(-c2ccccc2S(N)(=O)=O)cc1)c1ccccc1. The maximum absolute atomic E-state index is 12.8. The zero-order valence-electron chi connectivity index (χ0n) is 17.0. The number of rotatable bonds is 8. The van der Waals surface area contributed by atoms with Gasteiger partial charge in [0.2, 0.25) is 15.9 Å². The van der Waals surface area contributed by atoms with Crippen LogP contribution in [0.1, 0.15) is 31.7 Å². The van der Waals surface area contributed by atoms with E-state index in [9.17, 15) is 13.2 Å². The molecule has 156 valence electrons. The molecule has 0 bridgehead atoms. The van der Waals surface area contributed by atoms with Gasteiger partial charge in [-0.1, -0.05) is 74.0 Å². The van der Waals surface area contributed by atoms with E-state index in [0.717, 1.165) is 29.7 Å². The molecule has 0 saturated carbocycles. The Kier molecular flexibility index (Phi) is 7.03. The average molecular weight is 423 g/mol. The fourth-order valence-corrected chi connectivity index (χ4v) is 4.08. The van der Waals surface area contributed by atoms with Crippen molar-refractivity contribution in [1.82, 2.24) is 0 Å². The lowest BCUT2D eigenvalue weighted by Gasteiger charge is -2.23. The largest absolute Gasteiger partial charge is 0.308 e. The van der Waals surface area contributed by atoms with Crippen LogP contribution in [0.5, 0.6) is 0 Å². The van der Waals surface area contributed by atoms with Crippen molar-refractivity contribution in [2.75, 3.05) is 4.90 Å². The molecule has 30 heavy (non-hydrogen) atoms. The van der Waals surface area contributed by atoms with Crippen molar-refractivity contribution in [2.45, 2.75) is 37.6 Å². The Balaban J connectivity index is 1.87. The summed E-state index contributed by atoms with van der Waals surface area (Å²) in [6, 6.07) is 23.8. The first-order valence-electron chi connectivity index (χ1n) is 9.96. The smallest absolute Gasteiger partial charge is 0.238 e. The van der Waals surface area contributed by atoms with E-state index in [1.807, 2.05) is 54.6 Å². The number of benzene rings is 3. The summed E-state index contributed by atoms with van der Waals surface area (Å²) in [7, 11) is -3.82. The van der Waals surface area contributed by atoms with E-state index < -0.39 is 10.0 Å².